The zero-order valence-electron chi connectivity index (χ0n) is 7.37. The number of hydrogen-bond acceptors (Lipinski definition) is 1. The molecular formula is C11H10FN. The highest BCUT2D eigenvalue weighted by Crippen LogP contribution is 2.20. The SMILES string of the molecule is CC(F)c1ccc2ncccc2c1. The summed E-state index contributed by atoms with van der Waals surface area (Å²) in [7, 11) is 0. The molecule has 1 nitrogen and oxygen atoms in total. The average molecular weight is 175 g/mol. The van der Waals surface area contributed by atoms with Crippen LogP contribution in [-0.2, 0) is 0 Å². The maximum absolute atomic E-state index is 12.9. The molecule has 0 saturated carbocycles. The zero-order chi connectivity index (χ0) is 9.26. The molecule has 0 bridgehead atoms. The fourth-order valence-corrected chi connectivity index (χ4v) is 1.34. The van der Waals surface area contributed by atoms with Crippen LogP contribution in [0.3, 0.4) is 0 Å². The maximum Gasteiger partial charge on any atom is 0.122 e. The van der Waals surface area contributed by atoms with Crippen molar-refractivity contribution in [1.29, 1.82) is 0 Å². The van der Waals surface area contributed by atoms with Gasteiger partial charge in [-0.25, -0.2) is 4.39 Å². The topological polar surface area (TPSA) is 12.9 Å². The van der Waals surface area contributed by atoms with E-state index in [1.54, 1.807) is 12.3 Å². The van der Waals surface area contributed by atoms with Crippen molar-refractivity contribution >= 4 is 10.9 Å². The molecule has 1 heterocycles. The highest BCUT2D eigenvalue weighted by Gasteiger charge is 2.02. The second kappa shape index (κ2) is 3.13. The minimum atomic E-state index is -0.912. The number of hydrogen-bond donors (Lipinski definition) is 0. The van der Waals surface area contributed by atoms with Gasteiger partial charge < -0.3 is 0 Å². The summed E-state index contributed by atoms with van der Waals surface area (Å²) in [6.45, 7) is 1.54. The molecule has 66 valence electrons. The summed E-state index contributed by atoms with van der Waals surface area (Å²) in [5.74, 6) is 0. The van der Waals surface area contributed by atoms with Gasteiger partial charge in [0.15, 0.2) is 0 Å². The van der Waals surface area contributed by atoms with Crippen LogP contribution in [0.5, 0.6) is 0 Å². The summed E-state index contributed by atoms with van der Waals surface area (Å²) in [6, 6.07) is 9.26. The molecule has 0 spiro atoms. The fourth-order valence-electron chi connectivity index (χ4n) is 1.34. The van der Waals surface area contributed by atoms with Gasteiger partial charge >= 0.3 is 0 Å². The van der Waals surface area contributed by atoms with Crippen molar-refractivity contribution in [1.82, 2.24) is 4.98 Å². The van der Waals surface area contributed by atoms with Crippen LogP contribution in [0.15, 0.2) is 36.5 Å². The van der Waals surface area contributed by atoms with E-state index in [4.69, 9.17) is 0 Å². The Morgan fingerprint density at radius 1 is 1.31 bits per heavy atom. The van der Waals surface area contributed by atoms with Crippen molar-refractivity contribution < 1.29 is 4.39 Å². The number of halogens is 1. The van der Waals surface area contributed by atoms with Crippen molar-refractivity contribution in [3.05, 3.63) is 42.1 Å². The molecular weight excluding hydrogens is 165 g/mol. The first kappa shape index (κ1) is 8.17. The molecule has 2 rings (SSSR count). The predicted molar refractivity (Wildman–Crippen MR) is 51.3 cm³/mol. The second-order valence-electron chi connectivity index (χ2n) is 3.07. The number of alkyl halides is 1. The molecule has 0 radical (unpaired) electrons. The lowest BCUT2D eigenvalue weighted by Crippen LogP contribution is -1.85. The van der Waals surface area contributed by atoms with Crippen LogP contribution in [0.2, 0.25) is 0 Å². The van der Waals surface area contributed by atoms with Crippen LogP contribution < -0.4 is 0 Å². The quantitative estimate of drug-likeness (QED) is 0.648. The Labute approximate surface area is 76.2 Å². The van der Waals surface area contributed by atoms with Crippen molar-refractivity contribution in [3.63, 3.8) is 0 Å². The summed E-state index contributed by atoms with van der Waals surface area (Å²) < 4.78 is 12.9. The number of benzene rings is 1. The lowest BCUT2D eigenvalue weighted by atomic mass is 10.1. The first-order valence-electron chi connectivity index (χ1n) is 4.26. The van der Waals surface area contributed by atoms with E-state index in [-0.39, 0.29) is 0 Å². The van der Waals surface area contributed by atoms with Crippen LogP contribution in [-0.4, -0.2) is 4.98 Å². The minimum Gasteiger partial charge on any atom is -0.256 e. The van der Waals surface area contributed by atoms with Gasteiger partial charge in [0.2, 0.25) is 0 Å². The monoisotopic (exact) mass is 175 g/mol. The van der Waals surface area contributed by atoms with Gasteiger partial charge in [-0.15, -0.1) is 0 Å². The molecule has 0 amide bonds. The van der Waals surface area contributed by atoms with Crippen LogP contribution in [0, 0.1) is 0 Å². The van der Waals surface area contributed by atoms with Crippen LogP contribution >= 0.6 is 0 Å². The van der Waals surface area contributed by atoms with Gasteiger partial charge in [-0.2, -0.15) is 0 Å². The average Bonchev–Trinajstić information content (AvgIpc) is 2.17. The van der Waals surface area contributed by atoms with Crippen molar-refractivity contribution in [2.45, 2.75) is 13.1 Å². The Morgan fingerprint density at radius 2 is 2.15 bits per heavy atom. The molecule has 2 heteroatoms. The Bertz CT molecular complexity index is 423. The van der Waals surface area contributed by atoms with Crippen LogP contribution in [0.25, 0.3) is 10.9 Å². The third-order valence-corrected chi connectivity index (χ3v) is 2.09. The standard InChI is InChI=1S/C11H10FN/c1-8(12)9-4-5-11-10(7-9)3-2-6-13-11/h2-8H,1H3. The van der Waals surface area contributed by atoms with E-state index >= 15 is 0 Å². The van der Waals surface area contributed by atoms with Gasteiger partial charge in [-0.3, -0.25) is 4.98 Å². The first-order chi connectivity index (χ1) is 6.27. The smallest absolute Gasteiger partial charge is 0.122 e. The van der Waals surface area contributed by atoms with E-state index in [1.165, 1.54) is 6.92 Å². The molecule has 0 saturated heterocycles. The Morgan fingerprint density at radius 3 is 2.92 bits per heavy atom. The van der Waals surface area contributed by atoms with Crippen molar-refractivity contribution in [2.24, 2.45) is 0 Å². The summed E-state index contributed by atoms with van der Waals surface area (Å²) >= 11 is 0. The van der Waals surface area contributed by atoms with Gasteiger partial charge in [-0.05, 0) is 30.7 Å². The number of fused-ring (bicyclic) bond motifs is 1. The molecule has 0 fully saturated rings. The number of rotatable bonds is 1. The minimum absolute atomic E-state index is 0.709. The third kappa shape index (κ3) is 1.52. The highest BCUT2D eigenvalue weighted by atomic mass is 19.1. The van der Waals surface area contributed by atoms with E-state index in [0.717, 1.165) is 10.9 Å². The molecule has 0 aliphatic heterocycles. The molecule has 1 atom stereocenters. The third-order valence-electron chi connectivity index (χ3n) is 2.09. The van der Waals surface area contributed by atoms with E-state index in [0.29, 0.717) is 5.56 Å². The van der Waals surface area contributed by atoms with Gasteiger partial charge in [-0.1, -0.05) is 12.1 Å². The van der Waals surface area contributed by atoms with Gasteiger partial charge in [0.25, 0.3) is 0 Å². The summed E-state index contributed by atoms with van der Waals surface area (Å²) in [5, 5.41) is 0.990. The second-order valence-corrected chi connectivity index (χ2v) is 3.07. The van der Waals surface area contributed by atoms with Crippen molar-refractivity contribution in [3.8, 4) is 0 Å². The Kier molecular flexibility index (Phi) is 1.97. The first-order valence-corrected chi connectivity index (χ1v) is 4.26. The Balaban J connectivity index is 2.62. The van der Waals surface area contributed by atoms with E-state index in [2.05, 4.69) is 4.98 Å². The van der Waals surface area contributed by atoms with Crippen molar-refractivity contribution in [2.75, 3.05) is 0 Å². The number of aromatic nitrogens is 1. The van der Waals surface area contributed by atoms with E-state index in [9.17, 15) is 4.39 Å². The summed E-state index contributed by atoms with van der Waals surface area (Å²) in [5.41, 5.74) is 1.62. The predicted octanol–water partition coefficient (Wildman–Crippen LogP) is 3.27. The highest BCUT2D eigenvalue weighted by molar-refractivity contribution is 5.78. The van der Waals surface area contributed by atoms with E-state index < -0.39 is 6.17 Å². The van der Waals surface area contributed by atoms with E-state index in [1.807, 2.05) is 24.3 Å². The zero-order valence-corrected chi connectivity index (χ0v) is 7.37. The van der Waals surface area contributed by atoms with Gasteiger partial charge in [0.05, 0.1) is 5.52 Å². The molecule has 1 aromatic carbocycles. The fraction of sp³-hybridized carbons (Fsp3) is 0.182. The molecule has 1 unspecified atom stereocenters. The van der Waals surface area contributed by atoms with Gasteiger partial charge in [0.1, 0.15) is 6.17 Å². The summed E-state index contributed by atoms with van der Waals surface area (Å²) in [4.78, 5) is 4.16. The molecule has 0 aliphatic carbocycles. The number of nitrogens with zero attached hydrogens (tertiary/aromatic N) is 1. The van der Waals surface area contributed by atoms with Crippen LogP contribution in [0.1, 0.15) is 18.7 Å². The normalized spacial score (nSPS) is 13.1. The molecule has 0 aliphatic rings. The van der Waals surface area contributed by atoms with Gasteiger partial charge in [0, 0.05) is 11.6 Å². The Hall–Kier alpha value is -1.44. The maximum atomic E-state index is 12.9. The molecule has 2 aromatic rings. The molecule has 0 N–H and O–H groups in total. The number of pyridine rings is 1. The van der Waals surface area contributed by atoms with Crippen LogP contribution in [0.4, 0.5) is 4.39 Å². The molecule has 13 heavy (non-hydrogen) atoms. The molecule has 1 aromatic heterocycles. The lowest BCUT2D eigenvalue weighted by Gasteiger charge is -2.03. The summed E-state index contributed by atoms with van der Waals surface area (Å²) in [6.07, 6.45) is 0.825. The lowest BCUT2D eigenvalue weighted by molar-refractivity contribution is 0.374. The largest absolute Gasteiger partial charge is 0.256 e.